The van der Waals surface area contributed by atoms with Crippen LogP contribution in [0.1, 0.15) is 50.6 Å². The number of nitrogens with one attached hydrogen (secondary N) is 3. The lowest BCUT2D eigenvalue weighted by molar-refractivity contribution is -0.123. The third kappa shape index (κ3) is 6.28. The average molecular weight is 547 g/mol. The summed E-state index contributed by atoms with van der Waals surface area (Å²) in [6.45, 7) is 1.37. The number of furan rings is 1. The predicted octanol–water partition coefficient (Wildman–Crippen LogP) is 4.34. The van der Waals surface area contributed by atoms with Crippen molar-refractivity contribution >= 4 is 46.6 Å². The summed E-state index contributed by atoms with van der Waals surface area (Å²) < 4.78 is 24.2. The van der Waals surface area contributed by atoms with Gasteiger partial charge < -0.3 is 9.15 Å². The number of hydrazine groups is 1. The van der Waals surface area contributed by atoms with Crippen molar-refractivity contribution < 1.29 is 27.9 Å². The number of halogens is 3. The van der Waals surface area contributed by atoms with Gasteiger partial charge in [-0.1, -0.05) is 23.2 Å². The van der Waals surface area contributed by atoms with Crippen LogP contribution in [0, 0.1) is 12.7 Å². The minimum Gasteiger partial charge on any atom is -0.482 e. The third-order valence-electron chi connectivity index (χ3n) is 5.50. The molecule has 1 aliphatic carbocycles. The maximum Gasteiger partial charge on any atom is 0.305 e. The highest BCUT2D eigenvalue weighted by Crippen LogP contribution is 2.30. The predicted molar refractivity (Wildman–Crippen MR) is 134 cm³/mol. The second kappa shape index (κ2) is 11.4. The number of aryl methyl sites for hydroxylation is 1. The molecule has 3 N–H and O–H groups in total. The van der Waals surface area contributed by atoms with Gasteiger partial charge >= 0.3 is 5.91 Å². The van der Waals surface area contributed by atoms with Crippen molar-refractivity contribution in [3.8, 4) is 5.75 Å². The van der Waals surface area contributed by atoms with Crippen LogP contribution < -0.4 is 21.0 Å². The molecule has 3 aromatic rings. The van der Waals surface area contributed by atoms with Gasteiger partial charge in [0.05, 0.1) is 10.7 Å². The van der Waals surface area contributed by atoms with Gasteiger partial charge in [0.2, 0.25) is 0 Å². The van der Waals surface area contributed by atoms with Crippen molar-refractivity contribution in [2.24, 2.45) is 5.10 Å². The lowest BCUT2D eigenvalue weighted by atomic mass is 9.93. The van der Waals surface area contributed by atoms with E-state index in [0.717, 1.165) is 12.1 Å². The van der Waals surface area contributed by atoms with Gasteiger partial charge in [-0.25, -0.2) is 9.82 Å². The first-order valence-electron chi connectivity index (χ1n) is 11.1. The number of hydrogen-bond donors (Lipinski definition) is 3. The third-order valence-corrected chi connectivity index (χ3v) is 6.03. The quantitative estimate of drug-likeness (QED) is 0.397. The summed E-state index contributed by atoms with van der Waals surface area (Å²) in [7, 11) is 0. The Balaban J connectivity index is 1.39. The van der Waals surface area contributed by atoms with Crippen LogP contribution >= 0.6 is 23.2 Å². The number of benzene rings is 2. The van der Waals surface area contributed by atoms with E-state index >= 15 is 0 Å². The van der Waals surface area contributed by atoms with Crippen LogP contribution in [0.2, 0.25) is 10.0 Å². The molecule has 37 heavy (non-hydrogen) atoms. The largest absolute Gasteiger partial charge is 0.482 e. The van der Waals surface area contributed by atoms with E-state index in [1.807, 2.05) is 0 Å². The summed E-state index contributed by atoms with van der Waals surface area (Å²) in [6.07, 6.45) is 1.84. The molecule has 2 aromatic carbocycles. The number of carbonyl (C=O) groups excluding carboxylic acids is 3. The Hall–Kier alpha value is -3.89. The zero-order chi connectivity index (χ0) is 26.5. The topological polar surface area (TPSA) is 122 Å². The molecular formula is C25H21Cl2FN4O5. The van der Waals surface area contributed by atoms with Crippen LogP contribution in [0.25, 0.3) is 0 Å². The number of carbonyl (C=O) groups is 3. The highest BCUT2D eigenvalue weighted by Gasteiger charge is 2.28. The lowest BCUT2D eigenvalue weighted by Gasteiger charge is -2.13. The molecule has 3 amide bonds. The molecule has 0 saturated heterocycles. The number of fused-ring (bicyclic) bond motifs is 1. The Morgan fingerprint density at radius 2 is 1.78 bits per heavy atom. The highest BCUT2D eigenvalue weighted by atomic mass is 35.5. The monoisotopic (exact) mass is 546 g/mol. The molecule has 1 aliphatic rings. The molecule has 0 radical (unpaired) electrons. The van der Waals surface area contributed by atoms with Crippen LogP contribution in [0.15, 0.2) is 52.0 Å². The maximum absolute atomic E-state index is 13.0. The van der Waals surface area contributed by atoms with Gasteiger partial charge in [0, 0.05) is 28.1 Å². The Bertz CT molecular complexity index is 1390. The first kappa shape index (κ1) is 26.2. The highest BCUT2D eigenvalue weighted by molar-refractivity contribution is 6.35. The molecule has 0 atom stereocenters. The van der Waals surface area contributed by atoms with E-state index in [0.29, 0.717) is 52.6 Å². The fraction of sp³-hybridized carbons (Fsp3) is 0.200. The number of hydrogen-bond acceptors (Lipinski definition) is 6. The minimum absolute atomic E-state index is 0.00560. The first-order valence-corrected chi connectivity index (χ1v) is 11.9. The second-order valence-electron chi connectivity index (χ2n) is 8.08. The van der Waals surface area contributed by atoms with E-state index in [1.54, 1.807) is 19.1 Å². The van der Waals surface area contributed by atoms with E-state index < -0.39 is 23.5 Å². The Labute approximate surface area is 220 Å². The SMILES string of the molecule is Cc1c(C(=O)NNC(=O)c2ccc(F)cc2)oc2c1/C(=N/NC(=O)COc1ccc(Cl)cc1Cl)CCC2. The van der Waals surface area contributed by atoms with Gasteiger partial charge in [-0.15, -0.1) is 0 Å². The molecule has 12 heteroatoms. The molecule has 1 aromatic heterocycles. The smallest absolute Gasteiger partial charge is 0.305 e. The van der Waals surface area contributed by atoms with Gasteiger partial charge in [-0.3, -0.25) is 25.2 Å². The van der Waals surface area contributed by atoms with Gasteiger partial charge in [0.25, 0.3) is 11.8 Å². The molecule has 9 nitrogen and oxygen atoms in total. The van der Waals surface area contributed by atoms with Crippen LogP contribution in [0.4, 0.5) is 4.39 Å². The van der Waals surface area contributed by atoms with Crippen LogP contribution in [-0.4, -0.2) is 30.0 Å². The minimum atomic E-state index is -0.668. The molecule has 0 unspecified atom stereocenters. The molecule has 192 valence electrons. The molecule has 0 fully saturated rings. The number of hydrazone groups is 1. The van der Waals surface area contributed by atoms with Gasteiger partial charge in [0.1, 0.15) is 17.3 Å². The van der Waals surface area contributed by atoms with Crippen LogP contribution in [-0.2, 0) is 11.2 Å². The van der Waals surface area contributed by atoms with Crippen molar-refractivity contribution in [2.75, 3.05) is 6.61 Å². The summed E-state index contributed by atoms with van der Waals surface area (Å²) in [4.78, 5) is 37.1. The van der Waals surface area contributed by atoms with Crippen molar-refractivity contribution in [2.45, 2.75) is 26.2 Å². The zero-order valence-electron chi connectivity index (χ0n) is 19.5. The Kier molecular flexibility index (Phi) is 8.10. The van der Waals surface area contributed by atoms with Crippen LogP contribution in [0.3, 0.4) is 0 Å². The first-order chi connectivity index (χ1) is 17.7. The molecule has 0 saturated carbocycles. The van der Waals surface area contributed by atoms with Crippen LogP contribution in [0.5, 0.6) is 5.75 Å². The van der Waals surface area contributed by atoms with Gasteiger partial charge in [-0.05, 0) is 62.2 Å². The van der Waals surface area contributed by atoms with Crippen molar-refractivity contribution in [3.05, 3.63) is 86.5 Å². The van der Waals surface area contributed by atoms with E-state index in [9.17, 15) is 18.8 Å². The fourth-order valence-electron chi connectivity index (χ4n) is 3.74. The molecule has 4 rings (SSSR count). The summed E-state index contributed by atoms with van der Waals surface area (Å²) in [5.41, 5.74) is 8.88. The lowest BCUT2D eigenvalue weighted by Crippen LogP contribution is -2.41. The van der Waals surface area contributed by atoms with Gasteiger partial charge in [0.15, 0.2) is 12.4 Å². The molecule has 0 bridgehead atoms. The van der Waals surface area contributed by atoms with E-state index in [1.165, 1.54) is 18.2 Å². The van der Waals surface area contributed by atoms with Crippen molar-refractivity contribution in [1.82, 2.24) is 16.3 Å². The summed E-state index contributed by atoms with van der Waals surface area (Å²) in [6, 6.07) is 9.51. The number of amides is 3. The number of ether oxygens (including phenoxy) is 1. The summed E-state index contributed by atoms with van der Waals surface area (Å²) in [5, 5.41) is 4.94. The summed E-state index contributed by atoms with van der Waals surface area (Å²) >= 11 is 11.9. The van der Waals surface area contributed by atoms with E-state index in [-0.39, 0.29) is 23.0 Å². The maximum atomic E-state index is 13.0. The normalized spacial score (nSPS) is 13.6. The zero-order valence-corrected chi connectivity index (χ0v) is 21.0. The molecule has 0 spiro atoms. The standard InChI is InChI=1S/C25H21Cl2FN4O5/c1-13-22-18(29-30-21(33)12-36-19-10-7-15(26)11-17(19)27)3-2-4-20(22)37-23(13)25(35)32-31-24(34)14-5-8-16(28)9-6-14/h5-11H,2-4,12H2,1H3,(H,30,33)(H,31,34)(H,32,35)/b29-18+. The van der Waals surface area contributed by atoms with E-state index in [2.05, 4.69) is 21.4 Å². The second-order valence-corrected chi connectivity index (χ2v) is 8.92. The number of nitrogens with zero attached hydrogens (tertiary/aromatic N) is 1. The molecular weight excluding hydrogens is 526 g/mol. The van der Waals surface area contributed by atoms with Crippen molar-refractivity contribution in [3.63, 3.8) is 0 Å². The fourth-order valence-corrected chi connectivity index (χ4v) is 4.20. The average Bonchev–Trinajstić information content (AvgIpc) is 3.22. The Morgan fingerprint density at radius 3 is 2.51 bits per heavy atom. The summed E-state index contributed by atoms with van der Waals surface area (Å²) in [5.74, 6) is -1.41. The van der Waals surface area contributed by atoms with E-state index in [4.69, 9.17) is 32.4 Å². The number of rotatable bonds is 6. The van der Waals surface area contributed by atoms with Gasteiger partial charge in [-0.2, -0.15) is 5.10 Å². The van der Waals surface area contributed by atoms with Crippen molar-refractivity contribution in [1.29, 1.82) is 0 Å². The molecule has 0 aliphatic heterocycles. The molecule has 1 heterocycles. The Morgan fingerprint density at radius 1 is 1.05 bits per heavy atom.